The van der Waals surface area contributed by atoms with Crippen LogP contribution in [0.4, 0.5) is 4.39 Å². The molecular weight excluding hydrogens is 439 g/mol. The number of hydrogen-bond donors (Lipinski definition) is 2. The number of hydrogen-bond acceptors (Lipinski definition) is 4. The van der Waals surface area contributed by atoms with Crippen molar-refractivity contribution < 1.29 is 14.0 Å². The van der Waals surface area contributed by atoms with Crippen molar-refractivity contribution in [1.82, 2.24) is 20.0 Å². The number of fused-ring (bicyclic) bond motifs is 1. The molecule has 2 heterocycles. The fraction of sp³-hybridized carbons (Fsp3) is 0.240. The Labute approximate surface area is 195 Å². The van der Waals surface area contributed by atoms with Crippen LogP contribution in [0.3, 0.4) is 0 Å². The second-order valence-corrected chi connectivity index (χ2v) is 9.89. The largest absolute Gasteiger partial charge is 0.354 e. The monoisotopic (exact) mass is 464 g/mol. The number of nitrogens with zero attached hydrogens (tertiary/aromatic N) is 2. The molecule has 0 bridgehead atoms. The molecule has 8 heteroatoms. The van der Waals surface area contributed by atoms with Gasteiger partial charge in [-0.2, -0.15) is 0 Å². The number of aromatic nitrogens is 2. The summed E-state index contributed by atoms with van der Waals surface area (Å²) >= 11 is 1.41. The van der Waals surface area contributed by atoms with E-state index in [1.54, 1.807) is 29.6 Å². The summed E-state index contributed by atoms with van der Waals surface area (Å²) in [5.41, 5.74) is 3.38. The molecule has 0 aliphatic heterocycles. The van der Waals surface area contributed by atoms with Gasteiger partial charge in [-0.25, -0.2) is 9.37 Å². The molecule has 2 amide bonds. The molecule has 2 N–H and O–H groups in total. The van der Waals surface area contributed by atoms with Gasteiger partial charge in [0.1, 0.15) is 17.2 Å². The molecule has 0 unspecified atom stereocenters. The van der Waals surface area contributed by atoms with Gasteiger partial charge in [-0.1, -0.05) is 29.5 Å². The first-order valence-electron chi connectivity index (χ1n) is 10.5. The molecule has 170 valence electrons. The molecule has 0 fully saturated rings. The van der Waals surface area contributed by atoms with Gasteiger partial charge >= 0.3 is 0 Å². The summed E-state index contributed by atoms with van der Waals surface area (Å²) in [5.74, 6) is -0.862. The molecule has 4 aromatic rings. The van der Waals surface area contributed by atoms with Crippen molar-refractivity contribution in [2.75, 3.05) is 7.05 Å². The van der Waals surface area contributed by atoms with Gasteiger partial charge in [-0.3, -0.25) is 14.0 Å². The topological polar surface area (TPSA) is 75.5 Å². The van der Waals surface area contributed by atoms with E-state index in [9.17, 15) is 14.0 Å². The zero-order chi connectivity index (χ0) is 23.9. The maximum Gasteiger partial charge on any atom is 0.270 e. The Morgan fingerprint density at radius 3 is 2.52 bits per heavy atom. The van der Waals surface area contributed by atoms with E-state index in [1.165, 1.54) is 23.5 Å². The number of imidazole rings is 1. The minimum atomic E-state index is -0.395. The van der Waals surface area contributed by atoms with Crippen molar-refractivity contribution in [1.29, 1.82) is 0 Å². The molecule has 0 atom stereocenters. The molecule has 6 nitrogen and oxygen atoms in total. The summed E-state index contributed by atoms with van der Waals surface area (Å²) in [6.45, 7) is 7.78. The SMILES string of the molecule is CNC(=O)c1c(-c2cccc(F)c2)nc2sc(-c3cc(C(=O)NC(C)(C)C)ccc3C)cn12. The minimum Gasteiger partial charge on any atom is -0.354 e. The fourth-order valence-corrected chi connectivity index (χ4v) is 4.65. The third-order valence-electron chi connectivity index (χ3n) is 5.12. The number of nitrogens with one attached hydrogen (secondary N) is 2. The Hall–Kier alpha value is -3.52. The number of carbonyl (C=O) groups excluding carboxylic acids is 2. The molecule has 0 aliphatic carbocycles. The number of benzene rings is 2. The van der Waals surface area contributed by atoms with Crippen molar-refractivity contribution in [3.8, 4) is 21.7 Å². The van der Waals surface area contributed by atoms with Crippen molar-refractivity contribution in [2.45, 2.75) is 33.2 Å². The van der Waals surface area contributed by atoms with E-state index in [2.05, 4.69) is 15.6 Å². The smallest absolute Gasteiger partial charge is 0.270 e. The Morgan fingerprint density at radius 1 is 1.09 bits per heavy atom. The molecule has 0 saturated heterocycles. The number of aryl methyl sites for hydroxylation is 1. The first-order valence-corrected chi connectivity index (χ1v) is 11.3. The molecule has 0 radical (unpaired) electrons. The molecule has 2 aromatic carbocycles. The average Bonchev–Trinajstić information content (AvgIpc) is 3.30. The predicted octanol–water partition coefficient (Wildman–Crippen LogP) is 5.07. The van der Waals surface area contributed by atoms with Crippen LogP contribution in [0.25, 0.3) is 26.7 Å². The Bertz CT molecular complexity index is 1380. The number of carbonyl (C=O) groups is 2. The fourth-order valence-electron chi connectivity index (χ4n) is 3.58. The lowest BCUT2D eigenvalue weighted by Gasteiger charge is -2.20. The maximum atomic E-state index is 13.8. The molecule has 0 saturated carbocycles. The van der Waals surface area contributed by atoms with Crippen LogP contribution < -0.4 is 10.6 Å². The second-order valence-electron chi connectivity index (χ2n) is 8.88. The highest BCUT2D eigenvalue weighted by Crippen LogP contribution is 2.35. The third-order valence-corrected chi connectivity index (χ3v) is 6.14. The normalized spacial score (nSPS) is 11.6. The molecule has 0 aliphatic rings. The van der Waals surface area contributed by atoms with Crippen molar-refractivity contribution in [3.05, 3.63) is 71.3 Å². The van der Waals surface area contributed by atoms with Crippen LogP contribution in [0.15, 0.2) is 48.7 Å². The molecule has 33 heavy (non-hydrogen) atoms. The summed E-state index contributed by atoms with van der Waals surface area (Å²) in [7, 11) is 1.55. The summed E-state index contributed by atoms with van der Waals surface area (Å²) in [5, 5.41) is 5.63. The van der Waals surface area contributed by atoms with Crippen LogP contribution >= 0.6 is 11.3 Å². The van der Waals surface area contributed by atoms with Crippen LogP contribution in [-0.4, -0.2) is 33.8 Å². The third kappa shape index (κ3) is 4.52. The standard InChI is InChI=1S/C25H25FN4O2S/c1-14-9-10-16(22(31)29-25(2,3)4)12-18(14)19-13-30-21(23(32)27-5)20(28-24(30)33-19)15-7-6-8-17(26)11-15/h6-13H,1-5H3,(H,27,32)(H,29,31). The van der Waals surface area contributed by atoms with Gasteiger partial charge in [0.15, 0.2) is 4.96 Å². The van der Waals surface area contributed by atoms with Crippen molar-refractivity contribution in [3.63, 3.8) is 0 Å². The van der Waals surface area contributed by atoms with Crippen LogP contribution in [0.5, 0.6) is 0 Å². The first-order chi connectivity index (χ1) is 15.6. The van der Waals surface area contributed by atoms with E-state index in [0.29, 0.717) is 27.5 Å². The van der Waals surface area contributed by atoms with Crippen molar-refractivity contribution in [2.24, 2.45) is 0 Å². The Kier molecular flexibility index (Phi) is 5.80. The Morgan fingerprint density at radius 2 is 1.85 bits per heavy atom. The highest BCUT2D eigenvalue weighted by Gasteiger charge is 2.23. The lowest BCUT2D eigenvalue weighted by molar-refractivity contribution is 0.0917. The molecular formula is C25H25FN4O2S. The minimum absolute atomic E-state index is 0.149. The summed E-state index contributed by atoms with van der Waals surface area (Å²) < 4.78 is 15.5. The van der Waals surface area contributed by atoms with E-state index < -0.39 is 5.82 Å². The van der Waals surface area contributed by atoms with Crippen LogP contribution in [0.2, 0.25) is 0 Å². The van der Waals surface area contributed by atoms with Gasteiger partial charge in [-0.15, -0.1) is 0 Å². The second kappa shape index (κ2) is 8.44. The van der Waals surface area contributed by atoms with E-state index in [1.807, 2.05) is 46.0 Å². The first kappa shape index (κ1) is 22.7. The van der Waals surface area contributed by atoms with Crippen LogP contribution in [0.1, 0.15) is 47.2 Å². The zero-order valence-electron chi connectivity index (χ0n) is 19.1. The summed E-state index contributed by atoms with van der Waals surface area (Å²) in [6.07, 6.45) is 1.84. The van der Waals surface area contributed by atoms with E-state index >= 15 is 0 Å². The molecule has 0 spiro atoms. The van der Waals surface area contributed by atoms with Gasteiger partial charge in [0.25, 0.3) is 11.8 Å². The number of halogens is 1. The van der Waals surface area contributed by atoms with Crippen LogP contribution in [-0.2, 0) is 0 Å². The summed E-state index contributed by atoms with van der Waals surface area (Å²) in [4.78, 5) is 31.5. The highest BCUT2D eigenvalue weighted by molar-refractivity contribution is 7.20. The number of amides is 2. The predicted molar refractivity (Wildman–Crippen MR) is 129 cm³/mol. The maximum absolute atomic E-state index is 13.8. The average molecular weight is 465 g/mol. The quantitative estimate of drug-likeness (QED) is 0.443. The van der Waals surface area contributed by atoms with Crippen molar-refractivity contribution >= 4 is 28.1 Å². The summed E-state index contributed by atoms with van der Waals surface area (Å²) in [6, 6.07) is 11.6. The van der Waals surface area contributed by atoms with Gasteiger partial charge in [-0.05, 0) is 63.1 Å². The van der Waals surface area contributed by atoms with Crippen LogP contribution in [0, 0.1) is 12.7 Å². The zero-order valence-corrected chi connectivity index (χ0v) is 19.9. The molecule has 4 rings (SSSR count). The number of rotatable bonds is 4. The van der Waals surface area contributed by atoms with Gasteiger partial charge in [0, 0.05) is 29.9 Å². The van der Waals surface area contributed by atoms with Gasteiger partial charge in [0.2, 0.25) is 0 Å². The molecule has 2 aromatic heterocycles. The van der Waals surface area contributed by atoms with Gasteiger partial charge < -0.3 is 10.6 Å². The highest BCUT2D eigenvalue weighted by atomic mass is 32.1. The van der Waals surface area contributed by atoms with E-state index in [-0.39, 0.29) is 17.4 Å². The van der Waals surface area contributed by atoms with Gasteiger partial charge in [0.05, 0.1) is 4.88 Å². The number of thiazole rings is 1. The lowest BCUT2D eigenvalue weighted by Crippen LogP contribution is -2.40. The van der Waals surface area contributed by atoms with E-state index in [4.69, 9.17) is 0 Å². The van der Waals surface area contributed by atoms with E-state index in [0.717, 1.165) is 16.0 Å². The lowest BCUT2D eigenvalue weighted by atomic mass is 10.0. The Balaban J connectivity index is 1.82.